The maximum atomic E-state index is 13.4. The fraction of sp³-hybridized carbons (Fsp3) is 0.355. The molecule has 1 fully saturated rings. The molecule has 1 N–H and O–H groups in total. The van der Waals surface area contributed by atoms with Crippen LogP contribution >= 0.6 is 0 Å². The fourth-order valence-electron chi connectivity index (χ4n) is 4.81. The van der Waals surface area contributed by atoms with E-state index in [1.165, 1.54) is 4.90 Å². The molecule has 2 atom stereocenters. The highest BCUT2D eigenvalue weighted by Gasteiger charge is 2.37. The number of piperazine rings is 1. The van der Waals surface area contributed by atoms with Crippen LogP contribution in [0.5, 0.6) is 5.75 Å². The minimum Gasteiger partial charge on any atom is -0.486 e. The average molecular weight is 553 g/mol. The summed E-state index contributed by atoms with van der Waals surface area (Å²) in [4.78, 5) is 32.4. The van der Waals surface area contributed by atoms with Gasteiger partial charge in [0.05, 0.1) is 25.2 Å². The van der Waals surface area contributed by atoms with Gasteiger partial charge in [-0.1, -0.05) is 48.1 Å². The lowest BCUT2D eigenvalue weighted by atomic mass is 10.1. The van der Waals surface area contributed by atoms with Crippen molar-refractivity contribution in [2.45, 2.75) is 25.5 Å². The van der Waals surface area contributed by atoms with Gasteiger partial charge in [-0.05, 0) is 30.7 Å². The summed E-state index contributed by atoms with van der Waals surface area (Å²) in [5, 5.41) is 10.6. The Morgan fingerprint density at radius 3 is 2.54 bits per heavy atom. The lowest BCUT2D eigenvalue weighted by molar-refractivity contribution is -0.121. The van der Waals surface area contributed by atoms with Crippen LogP contribution in [-0.4, -0.2) is 90.3 Å². The van der Waals surface area contributed by atoms with Crippen molar-refractivity contribution in [3.63, 3.8) is 0 Å². The SMILES string of the molecule is C#CCN1CCN(CC#Cc2ccc3c(c2)N(C)C(=O)[C@@H](NC(=O)c2nnc(Cc4ccccc4)o2)[C@@H](C)O3)CC1. The summed E-state index contributed by atoms with van der Waals surface area (Å²) in [6, 6.07) is 14.1. The molecule has 1 aromatic heterocycles. The number of terminal acetylenes is 1. The van der Waals surface area contributed by atoms with E-state index >= 15 is 0 Å². The van der Waals surface area contributed by atoms with E-state index in [0.29, 0.717) is 36.8 Å². The van der Waals surface area contributed by atoms with Gasteiger partial charge in [-0.15, -0.1) is 16.6 Å². The quantitative estimate of drug-likeness (QED) is 0.462. The topological polar surface area (TPSA) is 104 Å². The maximum absolute atomic E-state index is 13.4. The second kappa shape index (κ2) is 12.7. The molecule has 0 spiro atoms. The summed E-state index contributed by atoms with van der Waals surface area (Å²) in [5.41, 5.74) is 2.33. The second-order valence-corrected chi connectivity index (χ2v) is 10.1. The normalized spacial score (nSPS) is 19.2. The van der Waals surface area contributed by atoms with Crippen molar-refractivity contribution >= 4 is 17.5 Å². The van der Waals surface area contributed by atoms with Gasteiger partial charge in [0.1, 0.15) is 17.9 Å². The Morgan fingerprint density at radius 2 is 1.80 bits per heavy atom. The van der Waals surface area contributed by atoms with E-state index in [1.54, 1.807) is 20.0 Å². The van der Waals surface area contributed by atoms with Crippen molar-refractivity contribution in [2.24, 2.45) is 0 Å². The standard InChI is InChI=1S/C31H32N6O4/c1-4-14-36-16-18-37(19-17-36)15-8-11-24-12-13-26-25(20-24)35(3)31(39)28(22(2)40-26)32-29(38)30-34-33-27(41-30)21-23-9-6-5-7-10-23/h1,5-7,9-10,12-13,20,22,28H,14-19,21H2,2-3H3,(H,32,38)/t22-,28+/m1/s1. The Morgan fingerprint density at radius 1 is 1.07 bits per heavy atom. The number of amides is 2. The molecule has 0 bridgehead atoms. The third-order valence-corrected chi connectivity index (χ3v) is 7.16. The van der Waals surface area contributed by atoms with Crippen LogP contribution in [0.15, 0.2) is 52.9 Å². The lowest BCUT2D eigenvalue weighted by Crippen LogP contribution is -2.53. The number of nitrogens with one attached hydrogen (secondary N) is 1. The van der Waals surface area contributed by atoms with Crippen LogP contribution in [0.2, 0.25) is 0 Å². The predicted molar refractivity (Wildman–Crippen MR) is 153 cm³/mol. The summed E-state index contributed by atoms with van der Waals surface area (Å²) < 4.78 is 11.7. The maximum Gasteiger partial charge on any atom is 0.309 e. The van der Waals surface area contributed by atoms with E-state index in [9.17, 15) is 9.59 Å². The molecule has 5 rings (SSSR count). The molecule has 0 aliphatic carbocycles. The first kappa shape index (κ1) is 27.9. The molecular weight excluding hydrogens is 520 g/mol. The first-order valence-electron chi connectivity index (χ1n) is 13.5. The first-order valence-corrected chi connectivity index (χ1v) is 13.5. The Labute approximate surface area is 239 Å². The van der Waals surface area contributed by atoms with Crippen molar-refractivity contribution in [3.8, 4) is 29.9 Å². The van der Waals surface area contributed by atoms with Crippen molar-refractivity contribution in [2.75, 3.05) is 51.2 Å². The number of ether oxygens (including phenoxy) is 1. The van der Waals surface area contributed by atoms with Gasteiger partial charge >= 0.3 is 11.8 Å². The van der Waals surface area contributed by atoms with Crippen molar-refractivity contribution in [3.05, 3.63) is 71.4 Å². The number of carbonyl (C=O) groups is 2. The molecule has 3 heterocycles. The van der Waals surface area contributed by atoms with Crippen LogP contribution in [0.4, 0.5) is 5.69 Å². The Kier molecular flexibility index (Phi) is 8.64. The van der Waals surface area contributed by atoms with E-state index < -0.39 is 18.1 Å². The summed E-state index contributed by atoms with van der Waals surface area (Å²) in [7, 11) is 1.65. The predicted octanol–water partition coefficient (Wildman–Crippen LogP) is 1.81. The van der Waals surface area contributed by atoms with Gasteiger partial charge in [0.2, 0.25) is 5.89 Å². The first-order chi connectivity index (χ1) is 19.9. The number of likely N-dealkylation sites (N-methyl/N-ethyl adjacent to an activating group) is 1. The minimum absolute atomic E-state index is 0.213. The molecule has 2 aliphatic heterocycles. The Hall–Kier alpha value is -4.64. The molecule has 10 heteroatoms. The van der Waals surface area contributed by atoms with Crippen LogP contribution in [0.3, 0.4) is 0 Å². The van der Waals surface area contributed by atoms with E-state index in [2.05, 4.69) is 43.1 Å². The number of benzene rings is 2. The smallest absolute Gasteiger partial charge is 0.309 e. The highest BCUT2D eigenvalue weighted by Crippen LogP contribution is 2.33. The minimum atomic E-state index is -0.966. The van der Waals surface area contributed by atoms with Crippen LogP contribution < -0.4 is 15.0 Å². The van der Waals surface area contributed by atoms with Crippen molar-refractivity contribution in [1.29, 1.82) is 0 Å². The number of hydrogen-bond donors (Lipinski definition) is 1. The van der Waals surface area contributed by atoms with Crippen LogP contribution in [-0.2, 0) is 11.2 Å². The lowest BCUT2D eigenvalue weighted by Gasteiger charge is -2.32. The van der Waals surface area contributed by atoms with Crippen LogP contribution in [0, 0.1) is 24.2 Å². The van der Waals surface area contributed by atoms with Gasteiger partial charge in [-0.2, -0.15) is 0 Å². The third-order valence-electron chi connectivity index (χ3n) is 7.16. The molecule has 210 valence electrons. The van der Waals surface area contributed by atoms with Gasteiger partial charge in [0.15, 0.2) is 0 Å². The van der Waals surface area contributed by atoms with Crippen molar-refractivity contribution < 1.29 is 18.7 Å². The highest BCUT2D eigenvalue weighted by atomic mass is 16.5. The van der Waals surface area contributed by atoms with E-state index in [-0.39, 0.29) is 11.8 Å². The van der Waals surface area contributed by atoms with Gasteiger partial charge < -0.3 is 19.4 Å². The highest BCUT2D eigenvalue weighted by molar-refractivity contribution is 6.02. The van der Waals surface area contributed by atoms with Gasteiger partial charge in [-0.25, -0.2) is 0 Å². The summed E-state index contributed by atoms with van der Waals surface area (Å²) >= 11 is 0. The molecule has 0 unspecified atom stereocenters. The Balaban J connectivity index is 1.22. The molecule has 0 radical (unpaired) electrons. The number of hydrogen-bond acceptors (Lipinski definition) is 8. The summed E-state index contributed by atoms with van der Waals surface area (Å²) in [6.07, 6.45) is 5.16. The summed E-state index contributed by atoms with van der Waals surface area (Å²) in [5.74, 6) is 8.79. The number of aromatic nitrogens is 2. The summed E-state index contributed by atoms with van der Waals surface area (Å²) in [6.45, 7) is 6.79. The largest absolute Gasteiger partial charge is 0.486 e. The average Bonchev–Trinajstić information content (AvgIpc) is 3.43. The van der Waals surface area contributed by atoms with Crippen molar-refractivity contribution in [1.82, 2.24) is 25.3 Å². The zero-order chi connectivity index (χ0) is 28.8. The monoisotopic (exact) mass is 552 g/mol. The molecule has 2 aliphatic rings. The molecule has 1 saturated heterocycles. The van der Waals surface area contributed by atoms with Crippen LogP contribution in [0.1, 0.15) is 34.6 Å². The van der Waals surface area contributed by atoms with E-state index in [4.69, 9.17) is 15.6 Å². The number of carbonyl (C=O) groups excluding carboxylic acids is 2. The number of anilines is 1. The molecular formula is C31H32N6O4. The van der Waals surface area contributed by atoms with E-state index in [1.807, 2.05) is 42.5 Å². The second-order valence-electron chi connectivity index (χ2n) is 10.1. The molecule has 2 aromatic carbocycles. The molecule has 41 heavy (non-hydrogen) atoms. The van der Waals surface area contributed by atoms with Gasteiger partial charge in [0, 0.05) is 38.8 Å². The number of rotatable bonds is 6. The van der Waals surface area contributed by atoms with Gasteiger partial charge in [0.25, 0.3) is 5.91 Å². The zero-order valence-corrected chi connectivity index (χ0v) is 23.2. The molecule has 3 aromatic rings. The third kappa shape index (κ3) is 6.75. The Bertz CT molecular complexity index is 1490. The van der Waals surface area contributed by atoms with Gasteiger partial charge in [-0.3, -0.25) is 19.4 Å². The number of nitrogens with zero attached hydrogens (tertiary/aromatic N) is 5. The zero-order valence-electron chi connectivity index (χ0n) is 23.2. The molecule has 2 amide bonds. The molecule has 10 nitrogen and oxygen atoms in total. The number of fused-ring (bicyclic) bond motifs is 1. The van der Waals surface area contributed by atoms with Crippen LogP contribution in [0.25, 0.3) is 0 Å². The molecule has 0 saturated carbocycles. The van der Waals surface area contributed by atoms with E-state index in [0.717, 1.165) is 37.3 Å². The fourth-order valence-corrected chi connectivity index (χ4v) is 4.81.